The Kier molecular flexibility index (Phi) is 2.13. The molecule has 0 spiro atoms. The number of thioether (sulfide) groups is 1. The molecule has 1 heterocycles. The molecule has 2 nitrogen and oxygen atoms in total. The first-order chi connectivity index (χ1) is 5.81. The van der Waals surface area contributed by atoms with Crippen LogP contribution in [-0.4, -0.2) is 16.0 Å². The van der Waals surface area contributed by atoms with Gasteiger partial charge in [0.1, 0.15) is 0 Å². The van der Waals surface area contributed by atoms with E-state index in [1.165, 1.54) is 18.5 Å². The number of rotatable bonds is 3. The minimum Gasteiger partial charge on any atom is -0.260 e. The lowest BCUT2D eigenvalue weighted by molar-refractivity contribution is 0.632. The lowest BCUT2D eigenvalue weighted by Crippen LogP contribution is -2.01. The lowest BCUT2D eigenvalue weighted by Gasteiger charge is -2.07. The number of hydrogen-bond acceptors (Lipinski definition) is 2. The number of nitrogens with zero attached hydrogens (tertiary/aromatic N) is 2. The van der Waals surface area contributed by atoms with E-state index in [1.807, 2.05) is 11.8 Å². The molecule has 0 bridgehead atoms. The average molecular weight is 182 g/mol. The van der Waals surface area contributed by atoms with Gasteiger partial charge in [-0.15, -0.1) is 11.8 Å². The Morgan fingerprint density at radius 3 is 3.00 bits per heavy atom. The van der Waals surface area contributed by atoms with Gasteiger partial charge in [-0.05, 0) is 32.1 Å². The van der Waals surface area contributed by atoms with Crippen LogP contribution in [0.25, 0.3) is 0 Å². The molecule has 1 fully saturated rings. The Bertz CT molecular complexity index is 265. The van der Waals surface area contributed by atoms with Crippen molar-refractivity contribution in [2.75, 3.05) is 6.26 Å². The van der Waals surface area contributed by atoms with E-state index in [0.29, 0.717) is 5.37 Å². The summed E-state index contributed by atoms with van der Waals surface area (Å²) in [4.78, 5) is 0. The van der Waals surface area contributed by atoms with Crippen molar-refractivity contribution < 1.29 is 0 Å². The molecule has 0 radical (unpaired) electrons. The van der Waals surface area contributed by atoms with Gasteiger partial charge < -0.3 is 0 Å². The van der Waals surface area contributed by atoms with Crippen LogP contribution in [0.15, 0.2) is 12.3 Å². The second-order valence-electron chi connectivity index (χ2n) is 3.33. The van der Waals surface area contributed by atoms with Gasteiger partial charge in [-0.3, -0.25) is 4.68 Å². The third kappa shape index (κ3) is 1.51. The number of aromatic nitrogens is 2. The summed E-state index contributed by atoms with van der Waals surface area (Å²) in [6, 6.07) is 2.16. The first-order valence-corrected chi connectivity index (χ1v) is 5.68. The van der Waals surface area contributed by atoms with Crippen molar-refractivity contribution in [1.82, 2.24) is 9.78 Å². The highest BCUT2D eigenvalue weighted by Crippen LogP contribution is 2.39. The maximum atomic E-state index is 4.54. The van der Waals surface area contributed by atoms with Crippen LogP contribution in [0.1, 0.15) is 36.8 Å². The molecule has 0 saturated heterocycles. The molecule has 3 heteroatoms. The second-order valence-corrected chi connectivity index (χ2v) is 4.48. The molecule has 1 atom stereocenters. The maximum absolute atomic E-state index is 4.54. The average Bonchev–Trinajstić information content (AvgIpc) is 2.83. The Labute approximate surface area is 77.3 Å². The zero-order valence-corrected chi connectivity index (χ0v) is 8.34. The van der Waals surface area contributed by atoms with Gasteiger partial charge in [0.15, 0.2) is 0 Å². The third-order valence-corrected chi connectivity index (χ3v) is 3.24. The van der Waals surface area contributed by atoms with Crippen molar-refractivity contribution >= 4 is 11.8 Å². The van der Waals surface area contributed by atoms with Gasteiger partial charge in [-0.25, -0.2) is 0 Å². The first-order valence-electron chi connectivity index (χ1n) is 4.39. The zero-order valence-electron chi connectivity index (χ0n) is 7.53. The van der Waals surface area contributed by atoms with Crippen LogP contribution >= 0.6 is 11.8 Å². The van der Waals surface area contributed by atoms with E-state index in [9.17, 15) is 0 Å². The van der Waals surface area contributed by atoms with Crippen molar-refractivity contribution in [1.29, 1.82) is 0 Å². The van der Waals surface area contributed by atoms with Crippen LogP contribution in [0.2, 0.25) is 0 Å². The van der Waals surface area contributed by atoms with Crippen molar-refractivity contribution in [2.24, 2.45) is 0 Å². The lowest BCUT2D eigenvalue weighted by atomic mass is 10.3. The van der Waals surface area contributed by atoms with Gasteiger partial charge in [0.2, 0.25) is 0 Å². The fourth-order valence-electron chi connectivity index (χ4n) is 1.26. The van der Waals surface area contributed by atoms with Crippen molar-refractivity contribution in [3.63, 3.8) is 0 Å². The van der Waals surface area contributed by atoms with Crippen LogP contribution in [0.5, 0.6) is 0 Å². The van der Waals surface area contributed by atoms with Crippen molar-refractivity contribution in [3.05, 3.63) is 18.0 Å². The molecule has 1 aromatic rings. The molecular formula is C9H14N2S. The molecule has 0 aromatic carbocycles. The van der Waals surface area contributed by atoms with Crippen LogP contribution in [0.3, 0.4) is 0 Å². The minimum atomic E-state index is 0.470. The van der Waals surface area contributed by atoms with Gasteiger partial charge in [-0.1, -0.05) is 0 Å². The Hall–Kier alpha value is -0.440. The summed E-state index contributed by atoms with van der Waals surface area (Å²) in [7, 11) is 0. The smallest absolute Gasteiger partial charge is 0.0939 e. The van der Waals surface area contributed by atoms with Crippen LogP contribution < -0.4 is 0 Å². The highest BCUT2D eigenvalue weighted by molar-refractivity contribution is 7.98. The fourth-order valence-corrected chi connectivity index (χ4v) is 1.59. The minimum absolute atomic E-state index is 0.470. The predicted octanol–water partition coefficient (Wildman–Crippen LogP) is 2.64. The van der Waals surface area contributed by atoms with Crippen LogP contribution in [0, 0.1) is 0 Å². The topological polar surface area (TPSA) is 17.8 Å². The molecule has 0 unspecified atom stereocenters. The van der Waals surface area contributed by atoms with E-state index >= 15 is 0 Å². The fraction of sp³-hybridized carbons (Fsp3) is 0.667. The standard InChI is InChI=1S/C9H14N2S/c1-7(12-2)11-6-5-9(10-11)8-3-4-8/h5-8H,3-4H2,1-2H3/t7-/m1/s1. The summed E-state index contributed by atoms with van der Waals surface area (Å²) in [5, 5.41) is 5.01. The summed E-state index contributed by atoms with van der Waals surface area (Å²) in [6.45, 7) is 2.17. The second kappa shape index (κ2) is 3.13. The molecule has 0 amide bonds. The molecule has 66 valence electrons. The number of hydrogen-bond donors (Lipinski definition) is 0. The zero-order chi connectivity index (χ0) is 8.55. The largest absolute Gasteiger partial charge is 0.260 e. The quantitative estimate of drug-likeness (QED) is 0.715. The van der Waals surface area contributed by atoms with Gasteiger partial charge in [-0.2, -0.15) is 5.10 Å². The molecule has 1 saturated carbocycles. The summed E-state index contributed by atoms with van der Waals surface area (Å²) in [5.41, 5.74) is 1.29. The maximum Gasteiger partial charge on any atom is 0.0939 e. The van der Waals surface area contributed by atoms with Gasteiger partial charge >= 0.3 is 0 Å². The van der Waals surface area contributed by atoms with E-state index in [1.54, 1.807) is 0 Å². The summed E-state index contributed by atoms with van der Waals surface area (Å²) < 4.78 is 2.05. The summed E-state index contributed by atoms with van der Waals surface area (Å²) in [6.07, 6.45) is 6.88. The predicted molar refractivity (Wildman–Crippen MR) is 52.4 cm³/mol. The summed E-state index contributed by atoms with van der Waals surface area (Å²) >= 11 is 1.82. The molecule has 2 rings (SSSR count). The van der Waals surface area contributed by atoms with Gasteiger partial charge in [0, 0.05) is 12.1 Å². The van der Waals surface area contributed by atoms with E-state index in [2.05, 4.69) is 35.2 Å². The van der Waals surface area contributed by atoms with E-state index in [4.69, 9.17) is 0 Å². The molecule has 1 aliphatic carbocycles. The first kappa shape index (κ1) is 8.17. The third-order valence-electron chi connectivity index (χ3n) is 2.34. The highest BCUT2D eigenvalue weighted by Gasteiger charge is 2.26. The van der Waals surface area contributed by atoms with E-state index < -0.39 is 0 Å². The SMILES string of the molecule is CS[C@H](C)n1ccc(C2CC2)n1. The van der Waals surface area contributed by atoms with E-state index in [0.717, 1.165) is 5.92 Å². The molecule has 1 aromatic heterocycles. The summed E-state index contributed by atoms with van der Waals surface area (Å²) in [5.74, 6) is 0.778. The molecular weight excluding hydrogens is 168 g/mol. The Balaban J connectivity index is 2.12. The normalized spacial score (nSPS) is 19.5. The molecule has 1 aliphatic rings. The van der Waals surface area contributed by atoms with Crippen molar-refractivity contribution in [3.8, 4) is 0 Å². The Morgan fingerprint density at radius 2 is 2.42 bits per heavy atom. The van der Waals surface area contributed by atoms with Crippen LogP contribution in [-0.2, 0) is 0 Å². The molecule has 0 N–H and O–H groups in total. The monoisotopic (exact) mass is 182 g/mol. The Morgan fingerprint density at radius 1 is 1.67 bits per heavy atom. The van der Waals surface area contributed by atoms with Crippen molar-refractivity contribution in [2.45, 2.75) is 31.1 Å². The van der Waals surface area contributed by atoms with E-state index in [-0.39, 0.29) is 0 Å². The molecule has 0 aliphatic heterocycles. The molecule has 12 heavy (non-hydrogen) atoms. The highest BCUT2D eigenvalue weighted by atomic mass is 32.2. The van der Waals surface area contributed by atoms with Gasteiger partial charge in [0.25, 0.3) is 0 Å². The van der Waals surface area contributed by atoms with Gasteiger partial charge in [0.05, 0.1) is 11.1 Å². The van der Waals surface area contributed by atoms with Crippen LogP contribution in [0.4, 0.5) is 0 Å².